The highest BCUT2D eigenvalue weighted by atomic mass is 16.5. The number of oxazole rings is 1. The maximum atomic E-state index is 12.4. The van der Waals surface area contributed by atoms with Crippen molar-refractivity contribution >= 4 is 23.3 Å². The second-order valence-corrected chi connectivity index (χ2v) is 6.76. The van der Waals surface area contributed by atoms with Crippen LogP contribution in [0.4, 0.5) is 5.69 Å². The minimum atomic E-state index is -0.724. The van der Waals surface area contributed by atoms with Crippen LogP contribution in [0.2, 0.25) is 0 Å². The van der Waals surface area contributed by atoms with Crippen molar-refractivity contribution < 1.29 is 23.5 Å². The molecule has 0 unspecified atom stereocenters. The molecule has 0 bridgehead atoms. The minimum Gasteiger partial charge on any atom is -0.452 e. The highest BCUT2D eigenvalue weighted by molar-refractivity contribution is 6.04. The summed E-state index contributed by atoms with van der Waals surface area (Å²) in [5.74, 6) is -0.466. The summed E-state index contributed by atoms with van der Waals surface area (Å²) in [6, 6.07) is 14.2. The van der Waals surface area contributed by atoms with Crippen LogP contribution in [0.15, 0.2) is 52.9 Å². The lowest BCUT2D eigenvalue weighted by molar-refractivity contribution is -0.117. The van der Waals surface area contributed by atoms with Crippen molar-refractivity contribution in [2.45, 2.75) is 13.3 Å². The van der Waals surface area contributed by atoms with Crippen LogP contribution >= 0.6 is 0 Å². The molecule has 1 aliphatic heterocycles. The molecule has 3 aromatic rings. The molecule has 4 rings (SSSR count). The third-order valence-electron chi connectivity index (χ3n) is 4.82. The van der Waals surface area contributed by atoms with Crippen LogP contribution < -0.4 is 4.90 Å². The Morgan fingerprint density at radius 1 is 1.17 bits per heavy atom. The number of ketones is 1. The molecule has 0 spiro atoms. The van der Waals surface area contributed by atoms with E-state index in [2.05, 4.69) is 4.98 Å². The predicted molar refractivity (Wildman–Crippen MR) is 105 cm³/mol. The molecule has 2 heterocycles. The number of anilines is 1. The number of nitrogens with zero attached hydrogens (tertiary/aromatic N) is 2. The van der Waals surface area contributed by atoms with E-state index >= 15 is 0 Å². The Morgan fingerprint density at radius 2 is 1.93 bits per heavy atom. The van der Waals surface area contributed by atoms with Gasteiger partial charge < -0.3 is 14.1 Å². The number of benzene rings is 2. The summed E-state index contributed by atoms with van der Waals surface area (Å²) in [5.41, 5.74) is 2.74. The third-order valence-corrected chi connectivity index (χ3v) is 4.82. The van der Waals surface area contributed by atoms with Gasteiger partial charge in [0.1, 0.15) is 5.76 Å². The van der Waals surface area contributed by atoms with Crippen LogP contribution in [0, 0.1) is 6.92 Å². The smallest absolute Gasteiger partial charge is 0.361 e. The first kappa shape index (κ1) is 18.6. The van der Waals surface area contributed by atoms with Crippen molar-refractivity contribution in [1.82, 2.24) is 4.98 Å². The molecule has 0 aliphatic carbocycles. The van der Waals surface area contributed by atoms with Crippen molar-refractivity contribution in [3.05, 3.63) is 71.1 Å². The van der Waals surface area contributed by atoms with Crippen LogP contribution in [0.5, 0.6) is 0 Å². The predicted octanol–water partition coefficient (Wildman–Crippen LogP) is 3.21. The zero-order valence-electron chi connectivity index (χ0n) is 16.0. The topological polar surface area (TPSA) is 89.7 Å². The minimum absolute atomic E-state index is 0.0215. The van der Waals surface area contributed by atoms with Crippen LogP contribution in [0.3, 0.4) is 0 Å². The van der Waals surface area contributed by atoms with E-state index in [9.17, 15) is 14.4 Å². The number of Topliss-reactive ketones (excluding diaryl/α,β-unsaturated/α-hetero) is 1. The first-order chi connectivity index (χ1) is 13.9. The van der Waals surface area contributed by atoms with E-state index in [-0.39, 0.29) is 23.8 Å². The second-order valence-electron chi connectivity index (χ2n) is 6.76. The fourth-order valence-corrected chi connectivity index (χ4v) is 3.22. The number of carbonyl (C=O) groups excluding carboxylic acids is 3. The highest BCUT2D eigenvalue weighted by Gasteiger charge is 2.25. The van der Waals surface area contributed by atoms with Crippen molar-refractivity contribution in [2.75, 3.05) is 18.6 Å². The molecule has 29 heavy (non-hydrogen) atoms. The monoisotopic (exact) mass is 390 g/mol. The molecule has 146 valence electrons. The summed E-state index contributed by atoms with van der Waals surface area (Å²) in [5, 5.41) is 0. The summed E-state index contributed by atoms with van der Waals surface area (Å²) in [7, 11) is 1.70. The van der Waals surface area contributed by atoms with Gasteiger partial charge in [-0.3, -0.25) is 9.59 Å². The Hall–Kier alpha value is -3.74. The molecule has 0 fully saturated rings. The van der Waals surface area contributed by atoms with Gasteiger partial charge >= 0.3 is 5.97 Å². The molecule has 0 atom stereocenters. The molecule has 0 N–H and O–H groups in total. The Balaban J connectivity index is 1.44. The fourth-order valence-electron chi connectivity index (χ4n) is 3.22. The van der Waals surface area contributed by atoms with Gasteiger partial charge in [-0.2, -0.15) is 0 Å². The lowest BCUT2D eigenvalue weighted by Gasteiger charge is -2.10. The Bertz CT molecular complexity index is 1120. The molecule has 7 heteroatoms. The fraction of sp³-hybridized carbons (Fsp3) is 0.182. The zero-order chi connectivity index (χ0) is 20.5. The standard InChI is InChI=1S/C22H18N2O5/c1-13-20(23-21(29-13)14-6-4-3-5-7-14)22(27)28-12-18(25)15-8-9-17-16(10-15)11-19(26)24(17)2/h3-10H,11-12H2,1-2H3. The van der Waals surface area contributed by atoms with Gasteiger partial charge in [-0.05, 0) is 42.8 Å². The third kappa shape index (κ3) is 3.54. The van der Waals surface area contributed by atoms with Gasteiger partial charge in [0.15, 0.2) is 18.1 Å². The lowest BCUT2D eigenvalue weighted by Crippen LogP contribution is -2.20. The molecule has 0 saturated heterocycles. The number of hydrogen-bond donors (Lipinski definition) is 0. The number of hydrogen-bond acceptors (Lipinski definition) is 6. The van der Waals surface area contributed by atoms with Gasteiger partial charge in [-0.15, -0.1) is 0 Å². The maximum absolute atomic E-state index is 12.4. The van der Waals surface area contributed by atoms with Gasteiger partial charge in [0.05, 0.1) is 6.42 Å². The number of esters is 1. The second kappa shape index (κ2) is 7.35. The van der Waals surface area contributed by atoms with Gasteiger partial charge in [0.25, 0.3) is 0 Å². The van der Waals surface area contributed by atoms with E-state index in [1.54, 1.807) is 37.1 Å². The Kier molecular flexibility index (Phi) is 4.72. The Morgan fingerprint density at radius 3 is 2.69 bits per heavy atom. The summed E-state index contributed by atoms with van der Waals surface area (Å²) >= 11 is 0. The molecule has 0 radical (unpaired) electrons. The summed E-state index contributed by atoms with van der Waals surface area (Å²) in [4.78, 5) is 42.3. The maximum Gasteiger partial charge on any atom is 0.361 e. The quantitative estimate of drug-likeness (QED) is 0.491. The molecule has 2 aromatic carbocycles. The number of amides is 1. The van der Waals surface area contributed by atoms with Crippen molar-refractivity contribution in [3.8, 4) is 11.5 Å². The molecule has 1 amide bonds. The van der Waals surface area contributed by atoms with Crippen LogP contribution in [-0.4, -0.2) is 36.3 Å². The molecule has 1 aromatic heterocycles. The molecular weight excluding hydrogens is 372 g/mol. The Labute approximate surface area is 166 Å². The summed E-state index contributed by atoms with van der Waals surface area (Å²) in [6.45, 7) is 1.19. The van der Waals surface area contributed by atoms with E-state index < -0.39 is 12.6 Å². The molecular formula is C22H18N2O5. The summed E-state index contributed by atoms with van der Waals surface area (Å²) in [6.07, 6.45) is 0.257. The van der Waals surface area contributed by atoms with E-state index in [0.717, 1.165) is 16.8 Å². The number of ether oxygens (including phenoxy) is 1. The molecule has 0 saturated carbocycles. The SMILES string of the molecule is Cc1oc(-c2ccccc2)nc1C(=O)OCC(=O)c1ccc2c(c1)CC(=O)N2C. The molecule has 1 aliphatic rings. The average Bonchev–Trinajstić information content (AvgIpc) is 3.26. The average molecular weight is 390 g/mol. The van der Waals surface area contributed by atoms with Crippen molar-refractivity contribution in [2.24, 2.45) is 0 Å². The van der Waals surface area contributed by atoms with Gasteiger partial charge in [-0.25, -0.2) is 9.78 Å². The number of carbonyl (C=O) groups is 3. The van der Waals surface area contributed by atoms with Gasteiger partial charge in [-0.1, -0.05) is 18.2 Å². The number of likely N-dealkylation sites (N-methyl/N-ethyl adjacent to an activating group) is 1. The summed E-state index contributed by atoms with van der Waals surface area (Å²) < 4.78 is 10.7. The van der Waals surface area contributed by atoms with E-state index in [4.69, 9.17) is 9.15 Å². The van der Waals surface area contributed by atoms with Crippen molar-refractivity contribution in [3.63, 3.8) is 0 Å². The van der Waals surface area contributed by atoms with E-state index in [1.165, 1.54) is 0 Å². The van der Waals surface area contributed by atoms with Crippen LogP contribution in [0.25, 0.3) is 11.5 Å². The number of aryl methyl sites for hydroxylation is 1. The van der Waals surface area contributed by atoms with Crippen LogP contribution in [0.1, 0.15) is 32.2 Å². The van der Waals surface area contributed by atoms with Crippen molar-refractivity contribution in [1.29, 1.82) is 0 Å². The number of rotatable bonds is 5. The zero-order valence-corrected chi connectivity index (χ0v) is 16.0. The largest absolute Gasteiger partial charge is 0.452 e. The first-order valence-electron chi connectivity index (χ1n) is 9.06. The lowest BCUT2D eigenvalue weighted by atomic mass is 10.1. The van der Waals surface area contributed by atoms with Gasteiger partial charge in [0, 0.05) is 23.9 Å². The highest BCUT2D eigenvalue weighted by Crippen LogP contribution is 2.28. The number of fused-ring (bicyclic) bond motifs is 1. The van der Waals surface area contributed by atoms with E-state index in [1.807, 2.05) is 30.3 Å². The van der Waals surface area contributed by atoms with Crippen LogP contribution in [-0.2, 0) is 16.0 Å². The first-order valence-corrected chi connectivity index (χ1v) is 9.06. The molecule has 7 nitrogen and oxygen atoms in total. The normalized spacial score (nSPS) is 12.8. The van der Waals surface area contributed by atoms with E-state index in [0.29, 0.717) is 17.2 Å². The van der Waals surface area contributed by atoms with Gasteiger partial charge in [0.2, 0.25) is 11.8 Å². The number of aromatic nitrogens is 1.